The van der Waals surface area contributed by atoms with Gasteiger partial charge in [0.25, 0.3) is 0 Å². The predicted octanol–water partition coefficient (Wildman–Crippen LogP) is 3.55. The van der Waals surface area contributed by atoms with Crippen LogP contribution in [0.5, 0.6) is 0 Å². The van der Waals surface area contributed by atoms with Crippen LogP contribution in [0.15, 0.2) is 24.3 Å². The normalized spacial score (nSPS) is 14.7. The van der Waals surface area contributed by atoms with Gasteiger partial charge in [-0.3, -0.25) is 4.79 Å². The largest absolute Gasteiger partial charge is 0.379 e. The number of nitrogens with one attached hydrogen (secondary N) is 1. The maximum Gasteiger partial charge on any atom is 0.244 e. The van der Waals surface area contributed by atoms with Gasteiger partial charge in [0.1, 0.15) is 0 Å². The smallest absolute Gasteiger partial charge is 0.244 e. The average Bonchev–Trinajstić information content (AvgIpc) is 3.23. The molecule has 1 aromatic rings. The molecule has 0 aromatic heterocycles. The Morgan fingerprint density at radius 2 is 2.20 bits per heavy atom. The van der Waals surface area contributed by atoms with Crippen molar-refractivity contribution in [1.29, 1.82) is 0 Å². The van der Waals surface area contributed by atoms with E-state index in [2.05, 4.69) is 5.32 Å². The number of rotatable bonds is 7. The summed E-state index contributed by atoms with van der Waals surface area (Å²) in [6, 6.07) is 5.12. The summed E-state index contributed by atoms with van der Waals surface area (Å²) in [5.41, 5.74) is 0.722. The lowest BCUT2D eigenvalue weighted by molar-refractivity contribution is -0.116. The lowest BCUT2D eigenvalue weighted by Crippen LogP contribution is -2.25. The van der Waals surface area contributed by atoms with Crippen molar-refractivity contribution in [3.8, 4) is 0 Å². The van der Waals surface area contributed by atoms with Gasteiger partial charge in [-0.25, -0.2) is 0 Å². The molecule has 1 fully saturated rings. The standard InChI is InChI=1S/C15H17Cl2NO2/c16-13-4-5-14(17)12(9-13)3-6-15(19)18-7-8-20-10-11-1-2-11/h3-6,9,11H,1-2,7-8,10H2,(H,18,19)/b6-3+. The van der Waals surface area contributed by atoms with Gasteiger partial charge in [-0.1, -0.05) is 23.2 Å². The van der Waals surface area contributed by atoms with Crippen molar-refractivity contribution in [2.45, 2.75) is 12.8 Å². The molecule has 1 amide bonds. The molecule has 108 valence electrons. The quantitative estimate of drug-likeness (QED) is 0.617. The first-order valence-corrected chi connectivity index (χ1v) is 7.39. The molecule has 1 aromatic carbocycles. The molecule has 0 heterocycles. The minimum absolute atomic E-state index is 0.170. The number of carbonyl (C=O) groups is 1. The third-order valence-electron chi connectivity index (χ3n) is 2.97. The molecule has 0 bridgehead atoms. The van der Waals surface area contributed by atoms with Crippen molar-refractivity contribution < 1.29 is 9.53 Å². The van der Waals surface area contributed by atoms with Gasteiger partial charge in [-0.05, 0) is 48.6 Å². The highest BCUT2D eigenvalue weighted by Crippen LogP contribution is 2.28. The second-order valence-electron chi connectivity index (χ2n) is 4.81. The van der Waals surface area contributed by atoms with Crippen molar-refractivity contribution in [1.82, 2.24) is 5.32 Å². The summed E-state index contributed by atoms with van der Waals surface area (Å²) in [5.74, 6) is 0.576. The Morgan fingerprint density at radius 1 is 1.40 bits per heavy atom. The van der Waals surface area contributed by atoms with E-state index in [-0.39, 0.29) is 5.91 Å². The summed E-state index contributed by atoms with van der Waals surface area (Å²) < 4.78 is 5.43. The zero-order valence-electron chi connectivity index (χ0n) is 11.1. The van der Waals surface area contributed by atoms with Crippen LogP contribution in [0.25, 0.3) is 6.08 Å². The Labute approximate surface area is 128 Å². The molecule has 1 saturated carbocycles. The first kappa shape index (κ1) is 15.4. The predicted molar refractivity (Wildman–Crippen MR) is 82.0 cm³/mol. The van der Waals surface area contributed by atoms with Gasteiger partial charge in [0.2, 0.25) is 5.91 Å². The van der Waals surface area contributed by atoms with E-state index in [0.717, 1.165) is 18.1 Å². The molecule has 3 nitrogen and oxygen atoms in total. The summed E-state index contributed by atoms with van der Waals surface area (Å²) in [7, 11) is 0. The molecule has 5 heteroatoms. The molecule has 1 aliphatic carbocycles. The second-order valence-corrected chi connectivity index (χ2v) is 5.65. The maximum absolute atomic E-state index is 11.6. The first-order chi connectivity index (χ1) is 9.65. The fraction of sp³-hybridized carbons (Fsp3) is 0.400. The van der Waals surface area contributed by atoms with Crippen LogP contribution < -0.4 is 5.32 Å². The van der Waals surface area contributed by atoms with E-state index in [4.69, 9.17) is 27.9 Å². The van der Waals surface area contributed by atoms with Gasteiger partial charge in [0.05, 0.1) is 6.61 Å². The van der Waals surface area contributed by atoms with E-state index >= 15 is 0 Å². The Hall–Kier alpha value is -1.03. The molecule has 0 atom stereocenters. The van der Waals surface area contributed by atoms with Gasteiger partial charge in [0.15, 0.2) is 0 Å². The average molecular weight is 314 g/mol. The second kappa shape index (κ2) is 7.67. The van der Waals surface area contributed by atoms with Gasteiger partial charge >= 0.3 is 0 Å². The van der Waals surface area contributed by atoms with Crippen molar-refractivity contribution >= 4 is 35.2 Å². The Morgan fingerprint density at radius 3 is 2.95 bits per heavy atom. The number of halogens is 2. The summed E-state index contributed by atoms with van der Waals surface area (Å²) in [5, 5.41) is 3.90. The van der Waals surface area contributed by atoms with E-state index in [0.29, 0.717) is 23.2 Å². The van der Waals surface area contributed by atoms with Crippen LogP contribution in [0.2, 0.25) is 10.0 Å². The third-order valence-corrected chi connectivity index (χ3v) is 3.55. The van der Waals surface area contributed by atoms with Gasteiger partial charge in [0, 0.05) is 29.3 Å². The molecule has 2 rings (SSSR count). The van der Waals surface area contributed by atoms with E-state index in [1.165, 1.54) is 18.9 Å². The maximum atomic E-state index is 11.6. The van der Waals surface area contributed by atoms with Crippen LogP contribution in [-0.2, 0) is 9.53 Å². The SMILES string of the molecule is O=C(/C=C/c1cc(Cl)ccc1Cl)NCCOCC1CC1. The summed E-state index contributed by atoms with van der Waals surface area (Å²) >= 11 is 11.9. The van der Waals surface area contributed by atoms with Crippen molar-refractivity contribution in [3.05, 3.63) is 39.9 Å². The topological polar surface area (TPSA) is 38.3 Å². The third kappa shape index (κ3) is 5.53. The molecular formula is C15H17Cl2NO2. The molecule has 20 heavy (non-hydrogen) atoms. The van der Waals surface area contributed by atoms with Crippen molar-refractivity contribution in [2.75, 3.05) is 19.8 Å². The minimum Gasteiger partial charge on any atom is -0.379 e. The summed E-state index contributed by atoms with van der Waals surface area (Å²) in [4.78, 5) is 11.6. The molecular weight excluding hydrogens is 297 g/mol. The van der Waals surface area contributed by atoms with Crippen LogP contribution in [0, 0.1) is 5.92 Å². The van der Waals surface area contributed by atoms with Crippen LogP contribution in [-0.4, -0.2) is 25.7 Å². The molecule has 0 radical (unpaired) electrons. The number of benzene rings is 1. The van der Waals surface area contributed by atoms with E-state index in [1.807, 2.05) is 0 Å². The Kier molecular flexibility index (Phi) is 5.89. The van der Waals surface area contributed by atoms with Crippen LogP contribution in [0.1, 0.15) is 18.4 Å². The molecule has 1 aliphatic rings. The lowest BCUT2D eigenvalue weighted by atomic mass is 10.2. The zero-order valence-corrected chi connectivity index (χ0v) is 12.6. The van der Waals surface area contributed by atoms with Crippen molar-refractivity contribution in [3.63, 3.8) is 0 Å². The molecule has 0 unspecified atom stereocenters. The fourth-order valence-corrected chi connectivity index (χ4v) is 2.01. The highest BCUT2D eigenvalue weighted by molar-refractivity contribution is 6.34. The lowest BCUT2D eigenvalue weighted by Gasteiger charge is -2.04. The molecule has 0 saturated heterocycles. The monoisotopic (exact) mass is 313 g/mol. The van der Waals surface area contributed by atoms with Gasteiger partial charge in [-0.2, -0.15) is 0 Å². The molecule has 1 N–H and O–H groups in total. The van der Waals surface area contributed by atoms with Crippen LogP contribution in [0.4, 0.5) is 0 Å². The number of carbonyl (C=O) groups excluding carboxylic acids is 1. The first-order valence-electron chi connectivity index (χ1n) is 6.64. The Balaban J connectivity index is 1.69. The Bertz CT molecular complexity index is 499. The number of amides is 1. The van der Waals surface area contributed by atoms with Crippen molar-refractivity contribution in [2.24, 2.45) is 5.92 Å². The van der Waals surface area contributed by atoms with Crippen LogP contribution >= 0.6 is 23.2 Å². The number of ether oxygens (including phenoxy) is 1. The zero-order chi connectivity index (χ0) is 14.4. The van der Waals surface area contributed by atoms with E-state index < -0.39 is 0 Å². The summed E-state index contributed by atoms with van der Waals surface area (Å²) in [6.45, 7) is 1.87. The highest BCUT2D eigenvalue weighted by atomic mass is 35.5. The fourth-order valence-electron chi connectivity index (χ4n) is 1.65. The van der Waals surface area contributed by atoms with Gasteiger partial charge in [-0.15, -0.1) is 0 Å². The van der Waals surface area contributed by atoms with Crippen LogP contribution in [0.3, 0.4) is 0 Å². The minimum atomic E-state index is -0.170. The highest BCUT2D eigenvalue weighted by Gasteiger charge is 2.20. The summed E-state index contributed by atoms with van der Waals surface area (Å²) in [6.07, 6.45) is 5.64. The number of hydrogen-bond donors (Lipinski definition) is 1. The van der Waals surface area contributed by atoms with Gasteiger partial charge < -0.3 is 10.1 Å². The van der Waals surface area contributed by atoms with E-state index in [9.17, 15) is 4.79 Å². The number of hydrogen-bond acceptors (Lipinski definition) is 2. The van der Waals surface area contributed by atoms with E-state index in [1.54, 1.807) is 24.3 Å². The molecule has 0 spiro atoms. The molecule has 0 aliphatic heterocycles.